The Labute approximate surface area is 64.9 Å². The largest absolute Gasteiger partial charge is 0.506 e. The molecule has 0 bridgehead atoms. The second-order valence-corrected chi connectivity index (χ2v) is 2.32. The Bertz CT molecular complexity index is 239. The van der Waals surface area contributed by atoms with Gasteiger partial charge in [0.1, 0.15) is 5.75 Å². The molecule has 0 fully saturated rings. The molecular weight excluding hydrogens is 142 g/mol. The summed E-state index contributed by atoms with van der Waals surface area (Å²) in [6.07, 6.45) is 2.95. The van der Waals surface area contributed by atoms with Crippen molar-refractivity contribution in [3.63, 3.8) is 0 Å². The Balaban J connectivity index is 2.86. The third-order valence-corrected chi connectivity index (χ3v) is 1.43. The van der Waals surface area contributed by atoms with Gasteiger partial charge in [0, 0.05) is 18.8 Å². The minimum absolute atomic E-state index is 0.117. The number of aromatic hydroxyl groups is 1. The van der Waals surface area contributed by atoms with Crippen LogP contribution in [0.25, 0.3) is 0 Å². The predicted molar refractivity (Wildman–Crippen MR) is 41.9 cm³/mol. The third kappa shape index (κ3) is 1.89. The lowest BCUT2D eigenvalue weighted by Gasteiger charge is -2.07. The van der Waals surface area contributed by atoms with E-state index in [4.69, 9.17) is 16.6 Å². The summed E-state index contributed by atoms with van der Waals surface area (Å²) in [5.74, 6) is 0.117. The van der Waals surface area contributed by atoms with Crippen LogP contribution < -0.4 is 11.5 Å². The van der Waals surface area contributed by atoms with Crippen molar-refractivity contribution in [3.8, 4) is 5.75 Å². The first kappa shape index (κ1) is 7.97. The van der Waals surface area contributed by atoms with E-state index in [2.05, 4.69) is 4.98 Å². The van der Waals surface area contributed by atoms with Gasteiger partial charge in [-0.1, -0.05) is 0 Å². The van der Waals surface area contributed by atoms with Crippen molar-refractivity contribution < 1.29 is 5.11 Å². The molecule has 4 nitrogen and oxygen atoms in total. The molecule has 0 radical (unpaired) electrons. The average Bonchev–Trinajstić information content (AvgIpc) is 2.03. The highest BCUT2D eigenvalue weighted by Crippen LogP contribution is 2.13. The molecule has 60 valence electrons. The molecule has 0 amide bonds. The van der Waals surface area contributed by atoms with Gasteiger partial charge in [-0.25, -0.2) is 0 Å². The van der Waals surface area contributed by atoms with Crippen LogP contribution in [-0.4, -0.2) is 16.6 Å². The van der Waals surface area contributed by atoms with Crippen LogP contribution in [0.15, 0.2) is 18.5 Å². The molecular formula is C7H11N3O. The van der Waals surface area contributed by atoms with E-state index in [1.165, 1.54) is 6.20 Å². The minimum atomic E-state index is -0.241. The molecule has 1 aromatic rings. The highest BCUT2D eigenvalue weighted by molar-refractivity contribution is 5.24. The van der Waals surface area contributed by atoms with Crippen molar-refractivity contribution >= 4 is 0 Å². The van der Waals surface area contributed by atoms with Crippen LogP contribution in [0.1, 0.15) is 11.6 Å². The van der Waals surface area contributed by atoms with Crippen LogP contribution in [0.3, 0.4) is 0 Å². The van der Waals surface area contributed by atoms with E-state index in [9.17, 15) is 0 Å². The Hall–Kier alpha value is -1.13. The Kier molecular flexibility index (Phi) is 2.40. The predicted octanol–water partition coefficient (Wildman–Crippen LogP) is -0.254. The van der Waals surface area contributed by atoms with E-state index in [0.717, 1.165) is 5.56 Å². The van der Waals surface area contributed by atoms with Crippen LogP contribution in [0, 0.1) is 0 Å². The summed E-state index contributed by atoms with van der Waals surface area (Å²) in [5, 5.41) is 9.00. The average molecular weight is 153 g/mol. The first-order valence-electron chi connectivity index (χ1n) is 3.33. The Morgan fingerprint density at radius 1 is 1.55 bits per heavy atom. The number of hydrogen-bond donors (Lipinski definition) is 3. The standard InChI is InChI=1S/C7H11N3O/c8-2-7(9)5-1-6(11)4-10-3-5/h1,3-4,7,11H,2,8-9H2/t7-/m1/s1. The molecule has 1 aromatic heterocycles. The van der Waals surface area contributed by atoms with Gasteiger partial charge >= 0.3 is 0 Å². The zero-order valence-electron chi connectivity index (χ0n) is 6.07. The molecule has 1 heterocycles. The van der Waals surface area contributed by atoms with E-state index < -0.39 is 0 Å². The van der Waals surface area contributed by atoms with Crippen LogP contribution in [0.5, 0.6) is 5.75 Å². The summed E-state index contributed by atoms with van der Waals surface area (Å²) in [7, 11) is 0. The van der Waals surface area contributed by atoms with Gasteiger partial charge in [0.2, 0.25) is 0 Å². The third-order valence-electron chi connectivity index (χ3n) is 1.43. The summed E-state index contributed by atoms with van der Waals surface area (Å²) < 4.78 is 0. The van der Waals surface area contributed by atoms with Gasteiger partial charge in [-0.2, -0.15) is 0 Å². The summed E-state index contributed by atoms with van der Waals surface area (Å²) in [4.78, 5) is 3.77. The van der Waals surface area contributed by atoms with Gasteiger partial charge in [0.05, 0.1) is 6.20 Å². The fourth-order valence-electron chi connectivity index (χ4n) is 0.784. The first-order chi connectivity index (χ1) is 5.24. The smallest absolute Gasteiger partial charge is 0.134 e. The highest BCUT2D eigenvalue weighted by Gasteiger charge is 2.03. The Morgan fingerprint density at radius 3 is 2.82 bits per heavy atom. The molecule has 5 N–H and O–H groups in total. The van der Waals surface area contributed by atoms with E-state index >= 15 is 0 Å². The number of nitrogens with two attached hydrogens (primary N) is 2. The van der Waals surface area contributed by atoms with Crippen molar-refractivity contribution in [1.82, 2.24) is 4.98 Å². The van der Waals surface area contributed by atoms with Crippen molar-refractivity contribution in [2.45, 2.75) is 6.04 Å². The van der Waals surface area contributed by atoms with Crippen molar-refractivity contribution in [1.29, 1.82) is 0 Å². The van der Waals surface area contributed by atoms with Gasteiger partial charge in [-0.15, -0.1) is 0 Å². The monoisotopic (exact) mass is 153 g/mol. The molecule has 0 saturated heterocycles. The molecule has 0 unspecified atom stereocenters. The van der Waals surface area contributed by atoms with Crippen molar-refractivity contribution in [2.24, 2.45) is 11.5 Å². The van der Waals surface area contributed by atoms with E-state index in [1.807, 2.05) is 0 Å². The van der Waals surface area contributed by atoms with Crippen LogP contribution in [0.2, 0.25) is 0 Å². The van der Waals surface area contributed by atoms with E-state index in [0.29, 0.717) is 6.54 Å². The van der Waals surface area contributed by atoms with Crippen molar-refractivity contribution in [3.05, 3.63) is 24.0 Å². The SMILES string of the molecule is NC[C@@H](N)c1cncc(O)c1. The zero-order valence-corrected chi connectivity index (χ0v) is 6.07. The molecule has 0 spiro atoms. The second-order valence-electron chi connectivity index (χ2n) is 2.32. The first-order valence-corrected chi connectivity index (χ1v) is 3.33. The van der Waals surface area contributed by atoms with Crippen molar-refractivity contribution in [2.75, 3.05) is 6.54 Å². The number of nitrogens with zero attached hydrogens (tertiary/aromatic N) is 1. The molecule has 1 atom stereocenters. The Morgan fingerprint density at radius 2 is 2.27 bits per heavy atom. The number of rotatable bonds is 2. The molecule has 4 heteroatoms. The normalized spacial score (nSPS) is 12.9. The van der Waals surface area contributed by atoms with E-state index in [1.54, 1.807) is 12.3 Å². The highest BCUT2D eigenvalue weighted by atomic mass is 16.3. The molecule has 0 aliphatic rings. The molecule has 1 rings (SSSR count). The second kappa shape index (κ2) is 3.32. The summed E-state index contributed by atoms with van der Waals surface area (Å²) in [6, 6.07) is 1.32. The number of hydrogen-bond acceptors (Lipinski definition) is 4. The lowest BCUT2D eigenvalue weighted by atomic mass is 10.1. The molecule has 0 aromatic carbocycles. The lowest BCUT2D eigenvalue weighted by Crippen LogP contribution is -2.20. The molecule has 0 aliphatic carbocycles. The zero-order chi connectivity index (χ0) is 8.27. The van der Waals surface area contributed by atoms with Gasteiger partial charge in [0.25, 0.3) is 0 Å². The summed E-state index contributed by atoms with van der Waals surface area (Å²) >= 11 is 0. The fourth-order valence-corrected chi connectivity index (χ4v) is 0.784. The fraction of sp³-hybridized carbons (Fsp3) is 0.286. The van der Waals surface area contributed by atoms with Crippen LogP contribution in [0.4, 0.5) is 0 Å². The lowest BCUT2D eigenvalue weighted by molar-refractivity contribution is 0.471. The molecule has 0 saturated carbocycles. The summed E-state index contributed by atoms with van der Waals surface area (Å²) in [5.41, 5.74) is 11.7. The number of pyridine rings is 1. The topological polar surface area (TPSA) is 85.2 Å². The number of aromatic nitrogens is 1. The molecule has 0 aliphatic heterocycles. The quantitative estimate of drug-likeness (QED) is 0.546. The maximum Gasteiger partial charge on any atom is 0.134 e. The van der Waals surface area contributed by atoms with Gasteiger partial charge < -0.3 is 16.6 Å². The van der Waals surface area contributed by atoms with E-state index in [-0.39, 0.29) is 11.8 Å². The minimum Gasteiger partial charge on any atom is -0.506 e. The molecule has 11 heavy (non-hydrogen) atoms. The van der Waals surface area contributed by atoms with Gasteiger partial charge in [-0.3, -0.25) is 4.98 Å². The maximum absolute atomic E-state index is 9.00. The van der Waals surface area contributed by atoms with Crippen LogP contribution in [-0.2, 0) is 0 Å². The summed E-state index contributed by atoms with van der Waals surface area (Å²) in [6.45, 7) is 0.352. The van der Waals surface area contributed by atoms with Gasteiger partial charge in [-0.05, 0) is 11.6 Å². The van der Waals surface area contributed by atoms with Crippen LogP contribution >= 0.6 is 0 Å². The maximum atomic E-state index is 9.00. The van der Waals surface area contributed by atoms with Gasteiger partial charge in [0.15, 0.2) is 0 Å².